The van der Waals surface area contributed by atoms with Crippen LogP contribution in [-0.4, -0.2) is 31.4 Å². The molecule has 0 amide bonds. The second-order valence-electron chi connectivity index (χ2n) is 3.51. The maximum Gasteiger partial charge on any atom is 0.302 e. The number of methoxy groups -OCH3 is 1. The Labute approximate surface area is 100 Å². The van der Waals surface area contributed by atoms with Crippen LogP contribution < -0.4 is 4.74 Å². The Kier molecular flexibility index (Phi) is 5.23. The molecule has 0 fully saturated rings. The lowest BCUT2D eigenvalue weighted by atomic mass is 10.1. The maximum atomic E-state index is 10.7. The molecule has 0 aromatic heterocycles. The number of benzene rings is 1. The van der Waals surface area contributed by atoms with Crippen LogP contribution >= 0.6 is 0 Å². The summed E-state index contributed by atoms with van der Waals surface area (Å²) in [5.74, 6) is 0.409. The average Bonchev–Trinajstić information content (AvgIpc) is 2.35. The van der Waals surface area contributed by atoms with Crippen molar-refractivity contribution in [1.29, 1.82) is 0 Å². The minimum absolute atomic E-state index is 0.109. The van der Waals surface area contributed by atoms with Crippen molar-refractivity contribution in [2.24, 2.45) is 0 Å². The predicted molar refractivity (Wildman–Crippen MR) is 64.7 cm³/mol. The SMILES string of the molecule is COc1ccc(/C=C(/CO)COC(C)=O)cc1. The van der Waals surface area contributed by atoms with Crippen molar-refractivity contribution < 1.29 is 19.4 Å². The van der Waals surface area contributed by atoms with Crippen molar-refractivity contribution in [3.8, 4) is 5.75 Å². The van der Waals surface area contributed by atoms with E-state index < -0.39 is 0 Å². The van der Waals surface area contributed by atoms with Crippen molar-refractivity contribution >= 4 is 12.0 Å². The van der Waals surface area contributed by atoms with Gasteiger partial charge in [-0.15, -0.1) is 0 Å². The molecule has 1 rings (SSSR count). The van der Waals surface area contributed by atoms with Crippen molar-refractivity contribution in [2.75, 3.05) is 20.3 Å². The smallest absolute Gasteiger partial charge is 0.302 e. The van der Waals surface area contributed by atoms with E-state index in [0.29, 0.717) is 5.57 Å². The van der Waals surface area contributed by atoms with Gasteiger partial charge in [-0.2, -0.15) is 0 Å². The summed E-state index contributed by atoms with van der Waals surface area (Å²) in [6.45, 7) is 1.31. The van der Waals surface area contributed by atoms with Gasteiger partial charge < -0.3 is 14.6 Å². The van der Waals surface area contributed by atoms with Crippen LogP contribution in [0.25, 0.3) is 6.08 Å². The van der Waals surface area contributed by atoms with Crippen molar-refractivity contribution in [3.63, 3.8) is 0 Å². The van der Waals surface area contributed by atoms with Gasteiger partial charge in [0.1, 0.15) is 12.4 Å². The lowest BCUT2D eigenvalue weighted by Crippen LogP contribution is -2.05. The van der Waals surface area contributed by atoms with Gasteiger partial charge >= 0.3 is 5.97 Å². The molecule has 0 radical (unpaired) electrons. The lowest BCUT2D eigenvalue weighted by Gasteiger charge is -2.05. The van der Waals surface area contributed by atoms with E-state index in [1.54, 1.807) is 13.2 Å². The van der Waals surface area contributed by atoms with E-state index in [9.17, 15) is 4.79 Å². The van der Waals surface area contributed by atoms with E-state index in [4.69, 9.17) is 14.6 Å². The quantitative estimate of drug-likeness (QED) is 0.789. The average molecular weight is 236 g/mol. The second kappa shape index (κ2) is 6.70. The number of aliphatic hydroxyl groups excluding tert-OH is 1. The normalized spacial score (nSPS) is 11.1. The number of rotatable bonds is 5. The summed E-state index contributed by atoms with van der Waals surface area (Å²) in [6.07, 6.45) is 1.78. The van der Waals surface area contributed by atoms with Crippen molar-refractivity contribution in [3.05, 3.63) is 35.4 Å². The first-order chi connectivity index (χ1) is 8.15. The van der Waals surface area contributed by atoms with Crippen LogP contribution in [0, 0.1) is 0 Å². The molecular weight excluding hydrogens is 220 g/mol. The first-order valence-corrected chi connectivity index (χ1v) is 5.23. The van der Waals surface area contributed by atoms with Crippen molar-refractivity contribution in [2.45, 2.75) is 6.92 Å². The Balaban J connectivity index is 2.71. The zero-order valence-electron chi connectivity index (χ0n) is 9.97. The number of esters is 1. The Hall–Kier alpha value is -1.81. The lowest BCUT2D eigenvalue weighted by molar-refractivity contribution is -0.140. The van der Waals surface area contributed by atoms with Crippen LogP contribution in [0.4, 0.5) is 0 Å². The third-order valence-corrected chi connectivity index (χ3v) is 2.15. The molecule has 17 heavy (non-hydrogen) atoms. The van der Waals surface area contributed by atoms with Gasteiger partial charge in [0.2, 0.25) is 0 Å². The summed E-state index contributed by atoms with van der Waals surface area (Å²) in [4.78, 5) is 10.7. The van der Waals surface area contributed by atoms with E-state index in [0.717, 1.165) is 11.3 Å². The number of ether oxygens (including phenoxy) is 2. The first kappa shape index (κ1) is 13.3. The van der Waals surface area contributed by atoms with E-state index in [1.165, 1.54) is 6.92 Å². The molecule has 1 aromatic rings. The van der Waals surface area contributed by atoms with E-state index in [-0.39, 0.29) is 19.2 Å². The predicted octanol–water partition coefficient (Wildman–Crippen LogP) is 1.63. The van der Waals surface area contributed by atoms with Crippen LogP contribution in [0.3, 0.4) is 0 Å². The molecule has 4 nitrogen and oxygen atoms in total. The van der Waals surface area contributed by atoms with Gasteiger partial charge in [0.15, 0.2) is 0 Å². The Bertz CT molecular complexity index is 392. The molecule has 1 aromatic carbocycles. The molecule has 4 heteroatoms. The fourth-order valence-electron chi connectivity index (χ4n) is 1.26. The van der Waals surface area contributed by atoms with Gasteiger partial charge in [0, 0.05) is 6.92 Å². The summed E-state index contributed by atoms with van der Waals surface area (Å²) >= 11 is 0. The molecule has 0 aliphatic rings. The highest BCUT2D eigenvalue weighted by Gasteiger charge is 2.00. The van der Waals surface area contributed by atoms with Gasteiger partial charge in [-0.3, -0.25) is 4.79 Å². The third-order valence-electron chi connectivity index (χ3n) is 2.15. The van der Waals surface area contributed by atoms with Crippen LogP contribution in [0.5, 0.6) is 5.75 Å². The van der Waals surface area contributed by atoms with Gasteiger partial charge in [0.05, 0.1) is 13.7 Å². The summed E-state index contributed by atoms with van der Waals surface area (Å²) < 4.78 is 9.86. The zero-order chi connectivity index (χ0) is 12.7. The number of carbonyl (C=O) groups excluding carboxylic acids is 1. The summed E-state index contributed by atoms with van der Waals surface area (Å²) in [7, 11) is 1.60. The molecule has 0 saturated carbocycles. The standard InChI is InChI=1S/C13H16O4/c1-10(15)17-9-12(8-14)7-11-3-5-13(16-2)6-4-11/h3-7,14H,8-9H2,1-2H3/b12-7-. The van der Waals surface area contributed by atoms with Gasteiger partial charge in [-0.25, -0.2) is 0 Å². The Morgan fingerprint density at radius 2 is 2.00 bits per heavy atom. The fraction of sp³-hybridized carbons (Fsp3) is 0.308. The molecule has 0 unspecified atom stereocenters. The molecule has 0 saturated heterocycles. The molecule has 92 valence electrons. The Morgan fingerprint density at radius 1 is 1.35 bits per heavy atom. The molecule has 0 aliphatic carbocycles. The fourth-order valence-corrected chi connectivity index (χ4v) is 1.26. The minimum Gasteiger partial charge on any atom is -0.497 e. The van der Waals surface area contributed by atoms with Crippen LogP contribution in [-0.2, 0) is 9.53 Å². The van der Waals surface area contributed by atoms with E-state index in [2.05, 4.69) is 0 Å². The molecular formula is C13H16O4. The monoisotopic (exact) mass is 236 g/mol. The highest BCUT2D eigenvalue weighted by atomic mass is 16.5. The molecule has 0 aliphatic heterocycles. The van der Waals surface area contributed by atoms with Crippen LogP contribution in [0.15, 0.2) is 29.8 Å². The van der Waals surface area contributed by atoms with Gasteiger partial charge in [-0.05, 0) is 23.3 Å². The highest BCUT2D eigenvalue weighted by molar-refractivity contribution is 5.66. The summed E-state index contributed by atoms with van der Waals surface area (Å²) in [6, 6.07) is 7.38. The van der Waals surface area contributed by atoms with Crippen LogP contribution in [0.1, 0.15) is 12.5 Å². The van der Waals surface area contributed by atoms with Crippen LogP contribution in [0.2, 0.25) is 0 Å². The van der Waals surface area contributed by atoms with Gasteiger partial charge in [-0.1, -0.05) is 18.2 Å². The van der Waals surface area contributed by atoms with E-state index in [1.807, 2.05) is 24.3 Å². The van der Waals surface area contributed by atoms with Crippen molar-refractivity contribution in [1.82, 2.24) is 0 Å². The molecule has 0 atom stereocenters. The summed E-state index contributed by atoms with van der Waals surface area (Å²) in [5, 5.41) is 9.12. The minimum atomic E-state index is -0.362. The molecule has 1 N–H and O–H groups in total. The summed E-state index contributed by atoms with van der Waals surface area (Å²) in [5.41, 5.74) is 1.56. The zero-order valence-corrected chi connectivity index (χ0v) is 9.97. The second-order valence-corrected chi connectivity index (χ2v) is 3.51. The maximum absolute atomic E-state index is 10.7. The number of hydrogen-bond acceptors (Lipinski definition) is 4. The number of carbonyl (C=O) groups is 1. The largest absolute Gasteiger partial charge is 0.497 e. The molecule has 0 heterocycles. The third kappa shape index (κ3) is 4.70. The number of aliphatic hydroxyl groups is 1. The van der Waals surface area contributed by atoms with E-state index >= 15 is 0 Å². The topological polar surface area (TPSA) is 55.8 Å². The highest BCUT2D eigenvalue weighted by Crippen LogP contribution is 2.14. The first-order valence-electron chi connectivity index (χ1n) is 5.23. The Morgan fingerprint density at radius 3 is 2.47 bits per heavy atom. The molecule has 0 spiro atoms. The molecule has 0 bridgehead atoms. The number of hydrogen-bond donors (Lipinski definition) is 1. The van der Waals surface area contributed by atoms with Gasteiger partial charge in [0.25, 0.3) is 0 Å².